The number of benzene rings is 2. The van der Waals surface area contributed by atoms with Gasteiger partial charge in [0, 0.05) is 4.90 Å². The highest BCUT2D eigenvalue weighted by atomic mass is 32.2. The summed E-state index contributed by atoms with van der Waals surface area (Å²) < 4.78 is 18.6. The monoisotopic (exact) mass is 355 g/mol. The van der Waals surface area contributed by atoms with E-state index in [4.69, 9.17) is 4.42 Å². The van der Waals surface area contributed by atoms with Crippen LogP contribution in [0, 0.1) is 5.82 Å². The molecule has 5 heteroatoms. The zero-order chi connectivity index (χ0) is 17.6. The summed E-state index contributed by atoms with van der Waals surface area (Å²) in [5.41, 5.74) is 0.834. The molecule has 0 bridgehead atoms. The van der Waals surface area contributed by atoms with Crippen molar-refractivity contribution in [1.29, 1.82) is 0 Å². The molecule has 1 amide bonds. The van der Waals surface area contributed by atoms with Gasteiger partial charge in [-0.15, -0.1) is 11.8 Å². The topological polar surface area (TPSA) is 42.2 Å². The van der Waals surface area contributed by atoms with E-state index in [1.807, 2.05) is 43.3 Å². The number of hydrogen-bond donors (Lipinski definition) is 1. The average molecular weight is 355 g/mol. The molecule has 1 N–H and O–H groups in total. The zero-order valence-electron chi connectivity index (χ0n) is 13.7. The van der Waals surface area contributed by atoms with Crippen molar-refractivity contribution in [3.8, 4) is 0 Å². The van der Waals surface area contributed by atoms with Gasteiger partial charge in [0.25, 0.3) is 5.91 Å². The molecule has 0 radical (unpaired) electrons. The Bertz CT molecular complexity index is 830. The molecule has 1 aromatic heterocycles. The SMILES string of the molecule is CC(NC(=O)c1ccc(CSc2ccccc2)o1)c1ccc(F)cc1. The second kappa shape index (κ2) is 8.03. The number of carbonyl (C=O) groups excluding carboxylic acids is 1. The van der Waals surface area contributed by atoms with Crippen LogP contribution in [0.1, 0.15) is 34.8 Å². The minimum absolute atomic E-state index is 0.236. The van der Waals surface area contributed by atoms with Gasteiger partial charge in [-0.2, -0.15) is 0 Å². The third kappa shape index (κ3) is 4.73. The number of hydrogen-bond acceptors (Lipinski definition) is 3. The standard InChI is InChI=1S/C20H18FNO2S/c1-14(15-7-9-16(21)10-8-15)22-20(23)19-12-11-17(24-19)13-25-18-5-3-2-4-6-18/h2-12,14H,13H2,1H3,(H,22,23). The summed E-state index contributed by atoms with van der Waals surface area (Å²) >= 11 is 1.65. The molecule has 25 heavy (non-hydrogen) atoms. The van der Waals surface area contributed by atoms with Crippen LogP contribution in [0.15, 0.2) is 76.0 Å². The van der Waals surface area contributed by atoms with E-state index in [0.29, 0.717) is 5.75 Å². The van der Waals surface area contributed by atoms with Crippen molar-refractivity contribution in [2.45, 2.75) is 23.6 Å². The van der Waals surface area contributed by atoms with E-state index in [0.717, 1.165) is 16.2 Å². The van der Waals surface area contributed by atoms with Crippen molar-refractivity contribution in [3.63, 3.8) is 0 Å². The first-order valence-corrected chi connectivity index (χ1v) is 8.93. The van der Waals surface area contributed by atoms with Crippen molar-refractivity contribution < 1.29 is 13.6 Å². The average Bonchev–Trinajstić information content (AvgIpc) is 3.10. The third-order valence-corrected chi connectivity index (χ3v) is 4.76. The van der Waals surface area contributed by atoms with Crippen LogP contribution in [-0.2, 0) is 5.75 Å². The van der Waals surface area contributed by atoms with Crippen LogP contribution in [0.5, 0.6) is 0 Å². The first kappa shape index (κ1) is 17.3. The normalized spacial score (nSPS) is 11.9. The Kier molecular flexibility index (Phi) is 5.56. The van der Waals surface area contributed by atoms with Gasteiger partial charge in [-0.05, 0) is 48.9 Å². The van der Waals surface area contributed by atoms with Gasteiger partial charge in [0.05, 0.1) is 11.8 Å². The molecule has 0 aliphatic heterocycles. The van der Waals surface area contributed by atoms with E-state index in [1.54, 1.807) is 30.0 Å². The molecular weight excluding hydrogens is 337 g/mol. The van der Waals surface area contributed by atoms with Gasteiger partial charge >= 0.3 is 0 Å². The summed E-state index contributed by atoms with van der Waals surface area (Å²) in [6, 6.07) is 19.3. The Balaban J connectivity index is 1.57. The van der Waals surface area contributed by atoms with E-state index in [-0.39, 0.29) is 23.5 Å². The lowest BCUT2D eigenvalue weighted by molar-refractivity contribution is 0.0910. The second-order valence-electron chi connectivity index (χ2n) is 5.61. The lowest BCUT2D eigenvalue weighted by atomic mass is 10.1. The highest BCUT2D eigenvalue weighted by Crippen LogP contribution is 2.23. The number of furan rings is 1. The molecule has 0 saturated carbocycles. The fourth-order valence-electron chi connectivity index (χ4n) is 2.35. The number of carbonyl (C=O) groups is 1. The van der Waals surface area contributed by atoms with Crippen molar-refractivity contribution in [2.75, 3.05) is 0 Å². The van der Waals surface area contributed by atoms with Crippen molar-refractivity contribution in [3.05, 3.63) is 89.6 Å². The Morgan fingerprint density at radius 1 is 1.08 bits per heavy atom. The van der Waals surface area contributed by atoms with Crippen LogP contribution < -0.4 is 5.32 Å². The van der Waals surface area contributed by atoms with Gasteiger partial charge < -0.3 is 9.73 Å². The van der Waals surface area contributed by atoms with Crippen LogP contribution in [0.4, 0.5) is 4.39 Å². The van der Waals surface area contributed by atoms with Crippen molar-refractivity contribution >= 4 is 17.7 Å². The molecule has 3 rings (SSSR count). The molecular formula is C20H18FNO2S. The Labute approximate surface area is 150 Å². The van der Waals surface area contributed by atoms with Crippen LogP contribution in [0.3, 0.4) is 0 Å². The van der Waals surface area contributed by atoms with Gasteiger partial charge in [0.1, 0.15) is 11.6 Å². The fraction of sp³-hybridized carbons (Fsp3) is 0.150. The highest BCUT2D eigenvalue weighted by molar-refractivity contribution is 7.98. The molecule has 0 aliphatic rings. The molecule has 0 fully saturated rings. The predicted octanol–water partition coefficient (Wildman–Crippen LogP) is 5.20. The quantitative estimate of drug-likeness (QED) is 0.618. The Morgan fingerprint density at radius 2 is 1.80 bits per heavy atom. The van der Waals surface area contributed by atoms with Gasteiger partial charge in [-0.3, -0.25) is 4.79 Å². The zero-order valence-corrected chi connectivity index (χ0v) is 14.6. The number of halogens is 1. The number of rotatable bonds is 6. The summed E-state index contributed by atoms with van der Waals surface area (Å²) in [7, 11) is 0. The second-order valence-corrected chi connectivity index (χ2v) is 6.66. The summed E-state index contributed by atoms with van der Waals surface area (Å²) in [5.74, 6) is 1.10. The van der Waals surface area contributed by atoms with Crippen LogP contribution in [-0.4, -0.2) is 5.91 Å². The molecule has 3 aromatic rings. The van der Waals surface area contributed by atoms with Gasteiger partial charge in [-0.25, -0.2) is 4.39 Å². The lowest BCUT2D eigenvalue weighted by Gasteiger charge is -2.13. The number of amides is 1. The molecule has 1 unspecified atom stereocenters. The van der Waals surface area contributed by atoms with E-state index < -0.39 is 0 Å². The largest absolute Gasteiger partial charge is 0.455 e. The van der Waals surface area contributed by atoms with E-state index in [2.05, 4.69) is 5.32 Å². The van der Waals surface area contributed by atoms with E-state index in [1.165, 1.54) is 12.1 Å². The van der Waals surface area contributed by atoms with Crippen LogP contribution >= 0.6 is 11.8 Å². The molecule has 0 spiro atoms. The summed E-state index contributed by atoms with van der Waals surface area (Å²) in [4.78, 5) is 13.4. The fourth-order valence-corrected chi connectivity index (χ4v) is 3.16. The van der Waals surface area contributed by atoms with Crippen LogP contribution in [0.2, 0.25) is 0 Å². The molecule has 1 atom stereocenters. The first-order valence-electron chi connectivity index (χ1n) is 7.95. The highest BCUT2D eigenvalue weighted by Gasteiger charge is 2.15. The van der Waals surface area contributed by atoms with E-state index >= 15 is 0 Å². The minimum atomic E-state index is -0.297. The lowest BCUT2D eigenvalue weighted by Crippen LogP contribution is -2.26. The third-order valence-electron chi connectivity index (χ3n) is 3.73. The number of nitrogens with one attached hydrogen (secondary N) is 1. The van der Waals surface area contributed by atoms with Gasteiger partial charge in [-0.1, -0.05) is 30.3 Å². The van der Waals surface area contributed by atoms with Crippen LogP contribution in [0.25, 0.3) is 0 Å². The smallest absolute Gasteiger partial charge is 0.287 e. The molecule has 0 aliphatic carbocycles. The molecule has 3 nitrogen and oxygen atoms in total. The molecule has 2 aromatic carbocycles. The Hall–Kier alpha value is -2.53. The number of thioether (sulfide) groups is 1. The minimum Gasteiger partial charge on any atom is -0.455 e. The van der Waals surface area contributed by atoms with Gasteiger partial charge in [0.15, 0.2) is 5.76 Å². The summed E-state index contributed by atoms with van der Waals surface area (Å²) in [5, 5.41) is 2.86. The maximum Gasteiger partial charge on any atom is 0.287 e. The van der Waals surface area contributed by atoms with Crippen molar-refractivity contribution in [1.82, 2.24) is 5.32 Å². The maximum atomic E-state index is 13.0. The van der Waals surface area contributed by atoms with E-state index in [9.17, 15) is 9.18 Å². The Morgan fingerprint density at radius 3 is 2.52 bits per heavy atom. The predicted molar refractivity (Wildman–Crippen MR) is 97.0 cm³/mol. The summed E-state index contributed by atoms with van der Waals surface area (Å²) in [6.07, 6.45) is 0. The maximum absolute atomic E-state index is 13.0. The molecule has 1 heterocycles. The van der Waals surface area contributed by atoms with Gasteiger partial charge in [0.2, 0.25) is 0 Å². The molecule has 0 saturated heterocycles. The first-order chi connectivity index (χ1) is 12.1. The van der Waals surface area contributed by atoms with Crippen molar-refractivity contribution in [2.24, 2.45) is 0 Å². The molecule has 128 valence electrons. The summed E-state index contributed by atoms with van der Waals surface area (Å²) in [6.45, 7) is 1.85.